The number of rotatable bonds is 7. The Kier molecular flexibility index (Phi) is 5.71. The maximum absolute atomic E-state index is 12.1. The molecule has 2 heterocycles. The zero-order valence-electron chi connectivity index (χ0n) is 15.3. The van der Waals surface area contributed by atoms with Gasteiger partial charge in [0, 0.05) is 18.4 Å². The maximum Gasteiger partial charge on any atom is 0.359 e. The largest absolute Gasteiger partial charge is 0.496 e. The summed E-state index contributed by atoms with van der Waals surface area (Å²) in [5.74, 6) is -0.212. The van der Waals surface area contributed by atoms with Gasteiger partial charge in [0.1, 0.15) is 11.4 Å². The average molecular weight is 367 g/mol. The minimum atomic E-state index is -0.627. The minimum Gasteiger partial charge on any atom is -0.496 e. The molecular weight excluding hydrogens is 346 g/mol. The summed E-state index contributed by atoms with van der Waals surface area (Å²) in [4.78, 5) is 28.2. The lowest BCUT2D eigenvalue weighted by Gasteiger charge is -2.09. The zero-order chi connectivity index (χ0) is 19.2. The number of aromatic nitrogens is 2. The van der Waals surface area contributed by atoms with Crippen LogP contribution in [0.1, 0.15) is 21.7 Å². The van der Waals surface area contributed by atoms with Crippen LogP contribution in [0.5, 0.6) is 5.75 Å². The second-order valence-corrected chi connectivity index (χ2v) is 6.01. The third-order valence-electron chi connectivity index (χ3n) is 4.15. The second kappa shape index (κ2) is 8.35. The Hall–Kier alpha value is -3.35. The molecule has 0 radical (unpaired) electrons. The molecule has 7 nitrogen and oxygen atoms in total. The van der Waals surface area contributed by atoms with Gasteiger partial charge in [-0.15, -0.1) is 0 Å². The van der Waals surface area contributed by atoms with E-state index < -0.39 is 5.97 Å². The third kappa shape index (κ3) is 4.44. The molecule has 0 spiro atoms. The van der Waals surface area contributed by atoms with Crippen molar-refractivity contribution in [2.75, 3.05) is 20.3 Å². The number of benzene rings is 1. The summed E-state index contributed by atoms with van der Waals surface area (Å²) in [6, 6.07) is 13.2. The van der Waals surface area contributed by atoms with E-state index in [1.807, 2.05) is 43.3 Å². The van der Waals surface area contributed by atoms with Crippen LogP contribution >= 0.6 is 0 Å². The van der Waals surface area contributed by atoms with Gasteiger partial charge in [-0.3, -0.25) is 4.79 Å². The smallest absolute Gasteiger partial charge is 0.359 e. The molecule has 140 valence electrons. The summed E-state index contributed by atoms with van der Waals surface area (Å²) in [6.07, 6.45) is 2.22. The first-order valence-corrected chi connectivity index (χ1v) is 8.59. The number of ether oxygens (including phenoxy) is 2. The fraction of sp³-hybridized carbons (Fsp3) is 0.250. The number of amides is 1. The van der Waals surface area contributed by atoms with Crippen molar-refractivity contribution in [3.8, 4) is 5.75 Å². The summed E-state index contributed by atoms with van der Waals surface area (Å²) in [5.41, 5.74) is 2.78. The Morgan fingerprint density at radius 1 is 1.15 bits per heavy atom. The molecule has 3 rings (SSSR count). The standard InChI is InChI=1S/C20H21N3O4/c1-14-6-5-9-18-22-16(12-23(14)18)20(25)27-13-19(24)21-11-10-15-7-3-4-8-17(15)26-2/h3-9,12H,10-11,13H2,1-2H3,(H,21,24). The van der Waals surface area contributed by atoms with Crippen LogP contribution in [0.3, 0.4) is 0 Å². The number of methoxy groups -OCH3 is 1. The van der Waals surface area contributed by atoms with E-state index in [-0.39, 0.29) is 18.2 Å². The number of carbonyl (C=O) groups excluding carboxylic acids is 2. The number of hydrogen-bond donors (Lipinski definition) is 1. The molecule has 2 aromatic heterocycles. The van der Waals surface area contributed by atoms with E-state index in [1.165, 1.54) is 0 Å². The van der Waals surface area contributed by atoms with Crippen LogP contribution in [0, 0.1) is 6.92 Å². The average Bonchev–Trinajstić information content (AvgIpc) is 3.12. The van der Waals surface area contributed by atoms with Crippen molar-refractivity contribution in [1.82, 2.24) is 14.7 Å². The summed E-state index contributed by atoms with van der Waals surface area (Å²) < 4.78 is 12.1. The van der Waals surface area contributed by atoms with E-state index in [9.17, 15) is 9.59 Å². The molecular formula is C20H21N3O4. The van der Waals surface area contributed by atoms with E-state index >= 15 is 0 Å². The Balaban J connectivity index is 1.48. The quantitative estimate of drug-likeness (QED) is 0.647. The number of nitrogens with zero attached hydrogens (tertiary/aromatic N) is 2. The van der Waals surface area contributed by atoms with Gasteiger partial charge < -0.3 is 19.2 Å². The van der Waals surface area contributed by atoms with Crippen LogP contribution in [0.25, 0.3) is 5.65 Å². The lowest BCUT2D eigenvalue weighted by atomic mass is 10.1. The van der Waals surface area contributed by atoms with E-state index in [0.717, 1.165) is 17.0 Å². The Labute approximate surface area is 156 Å². The molecule has 0 unspecified atom stereocenters. The van der Waals surface area contributed by atoms with Gasteiger partial charge in [-0.2, -0.15) is 0 Å². The van der Waals surface area contributed by atoms with Gasteiger partial charge in [0.25, 0.3) is 5.91 Å². The fourth-order valence-electron chi connectivity index (χ4n) is 2.75. The van der Waals surface area contributed by atoms with E-state index in [4.69, 9.17) is 9.47 Å². The normalized spacial score (nSPS) is 10.6. The number of nitrogens with one attached hydrogen (secondary N) is 1. The number of pyridine rings is 1. The van der Waals surface area contributed by atoms with Crippen LogP contribution < -0.4 is 10.1 Å². The molecule has 0 bridgehead atoms. The van der Waals surface area contributed by atoms with E-state index in [1.54, 1.807) is 23.8 Å². The monoisotopic (exact) mass is 367 g/mol. The SMILES string of the molecule is COc1ccccc1CCNC(=O)COC(=O)c1cn2c(C)cccc2n1. The summed E-state index contributed by atoms with van der Waals surface area (Å²) in [5, 5.41) is 2.73. The number of aryl methyl sites for hydroxylation is 1. The van der Waals surface area contributed by atoms with Crippen molar-refractivity contribution in [3.05, 3.63) is 65.6 Å². The first-order valence-electron chi connectivity index (χ1n) is 8.59. The molecule has 27 heavy (non-hydrogen) atoms. The van der Waals surface area contributed by atoms with Crippen molar-refractivity contribution < 1.29 is 19.1 Å². The molecule has 1 N–H and O–H groups in total. The lowest BCUT2D eigenvalue weighted by molar-refractivity contribution is -0.124. The molecule has 0 aliphatic heterocycles. The molecule has 0 atom stereocenters. The molecule has 0 saturated carbocycles. The Morgan fingerprint density at radius 3 is 2.74 bits per heavy atom. The molecule has 3 aromatic rings. The number of imidazole rings is 1. The van der Waals surface area contributed by atoms with Gasteiger partial charge in [-0.05, 0) is 37.1 Å². The van der Waals surface area contributed by atoms with Gasteiger partial charge in [-0.25, -0.2) is 9.78 Å². The molecule has 0 aliphatic rings. The number of fused-ring (bicyclic) bond motifs is 1. The highest BCUT2D eigenvalue weighted by Gasteiger charge is 2.14. The van der Waals surface area contributed by atoms with Gasteiger partial charge in [0.05, 0.1) is 7.11 Å². The summed E-state index contributed by atoms with van der Waals surface area (Å²) in [7, 11) is 1.61. The molecule has 1 amide bonds. The summed E-state index contributed by atoms with van der Waals surface area (Å²) in [6.45, 7) is 1.99. The molecule has 0 aliphatic carbocycles. The highest BCUT2D eigenvalue weighted by Crippen LogP contribution is 2.17. The van der Waals surface area contributed by atoms with Crippen LogP contribution in [-0.2, 0) is 16.0 Å². The third-order valence-corrected chi connectivity index (χ3v) is 4.15. The van der Waals surface area contributed by atoms with Crippen LogP contribution in [-0.4, -0.2) is 41.5 Å². The zero-order valence-corrected chi connectivity index (χ0v) is 15.3. The van der Waals surface area contributed by atoms with E-state index in [2.05, 4.69) is 10.3 Å². The van der Waals surface area contributed by atoms with Gasteiger partial charge in [0.2, 0.25) is 0 Å². The molecule has 7 heteroatoms. The fourth-order valence-corrected chi connectivity index (χ4v) is 2.75. The van der Waals surface area contributed by atoms with Gasteiger partial charge in [0.15, 0.2) is 12.3 Å². The highest BCUT2D eigenvalue weighted by molar-refractivity contribution is 5.90. The number of carbonyl (C=O) groups is 2. The van der Waals surface area contributed by atoms with Gasteiger partial charge >= 0.3 is 5.97 Å². The first-order chi connectivity index (χ1) is 13.1. The number of esters is 1. The first kappa shape index (κ1) is 18.4. The predicted octanol–water partition coefficient (Wildman–Crippen LogP) is 2.17. The van der Waals surface area contributed by atoms with Crippen LogP contribution in [0.15, 0.2) is 48.7 Å². The van der Waals surface area contributed by atoms with Crippen molar-refractivity contribution >= 4 is 17.5 Å². The lowest BCUT2D eigenvalue weighted by Crippen LogP contribution is -2.30. The minimum absolute atomic E-state index is 0.172. The Bertz CT molecular complexity index is 965. The van der Waals surface area contributed by atoms with Crippen molar-refractivity contribution in [2.24, 2.45) is 0 Å². The van der Waals surface area contributed by atoms with Crippen LogP contribution in [0.4, 0.5) is 0 Å². The molecule has 1 aromatic carbocycles. The topological polar surface area (TPSA) is 81.9 Å². The van der Waals surface area contributed by atoms with E-state index in [0.29, 0.717) is 18.6 Å². The molecule has 0 fully saturated rings. The van der Waals surface area contributed by atoms with Crippen molar-refractivity contribution in [3.63, 3.8) is 0 Å². The second-order valence-electron chi connectivity index (χ2n) is 6.01. The predicted molar refractivity (Wildman–Crippen MR) is 99.9 cm³/mol. The number of para-hydroxylation sites is 1. The summed E-state index contributed by atoms with van der Waals surface area (Å²) >= 11 is 0. The van der Waals surface area contributed by atoms with Crippen LogP contribution in [0.2, 0.25) is 0 Å². The maximum atomic E-state index is 12.1. The Morgan fingerprint density at radius 2 is 1.96 bits per heavy atom. The van der Waals surface area contributed by atoms with Crippen molar-refractivity contribution in [1.29, 1.82) is 0 Å². The van der Waals surface area contributed by atoms with Gasteiger partial charge in [-0.1, -0.05) is 24.3 Å². The number of hydrogen-bond acceptors (Lipinski definition) is 5. The molecule has 0 saturated heterocycles. The highest BCUT2D eigenvalue weighted by atomic mass is 16.5. The van der Waals surface area contributed by atoms with Crippen molar-refractivity contribution in [2.45, 2.75) is 13.3 Å².